The van der Waals surface area contributed by atoms with Crippen molar-refractivity contribution in [2.75, 3.05) is 20.6 Å². The molecule has 2 aromatic carbocycles. The smallest absolute Gasteiger partial charge is 0.315 e. The van der Waals surface area contributed by atoms with Crippen molar-refractivity contribution in [2.45, 2.75) is 19.0 Å². The van der Waals surface area contributed by atoms with Crippen LogP contribution in [0.4, 0.5) is 4.79 Å². The molecule has 0 aliphatic carbocycles. The van der Waals surface area contributed by atoms with Crippen LogP contribution in [0.3, 0.4) is 0 Å². The Morgan fingerprint density at radius 3 is 2.59 bits per heavy atom. The second-order valence-electron chi connectivity index (χ2n) is 6.81. The summed E-state index contributed by atoms with van der Waals surface area (Å²) in [6.45, 7) is 0.993. The number of nitrogens with one attached hydrogen (secondary N) is 2. The van der Waals surface area contributed by atoms with Gasteiger partial charge in [-0.2, -0.15) is 0 Å². The molecule has 2 amide bonds. The normalized spacial score (nSPS) is 12.3. The molecule has 0 saturated carbocycles. The van der Waals surface area contributed by atoms with E-state index in [1.807, 2.05) is 14.1 Å². The molecule has 1 heterocycles. The van der Waals surface area contributed by atoms with Gasteiger partial charge in [0.25, 0.3) is 0 Å². The average molecular weight is 384 g/mol. The van der Waals surface area contributed by atoms with E-state index < -0.39 is 0 Å². The van der Waals surface area contributed by atoms with E-state index in [0.29, 0.717) is 13.1 Å². The molecule has 0 bridgehead atoms. The number of urea groups is 1. The van der Waals surface area contributed by atoms with E-state index in [9.17, 15) is 9.90 Å². The van der Waals surface area contributed by atoms with Crippen LogP contribution in [0.25, 0.3) is 10.1 Å². The molecule has 0 aliphatic heterocycles. The number of likely N-dealkylation sites (N-methyl/N-ethyl adjacent to an activating group) is 1. The third-order valence-electron chi connectivity index (χ3n) is 4.63. The fourth-order valence-electron chi connectivity index (χ4n) is 2.95. The third kappa shape index (κ3) is 5.21. The van der Waals surface area contributed by atoms with Gasteiger partial charge in [0.1, 0.15) is 5.75 Å². The van der Waals surface area contributed by atoms with Crippen LogP contribution >= 0.6 is 11.3 Å². The van der Waals surface area contributed by atoms with E-state index in [2.05, 4.69) is 45.2 Å². The molecule has 1 aromatic heterocycles. The van der Waals surface area contributed by atoms with Crippen molar-refractivity contribution in [3.63, 3.8) is 0 Å². The first-order chi connectivity index (χ1) is 13.0. The van der Waals surface area contributed by atoms with E-state index in [-0.39, 0.29) is 17.8 Å². The maximum Gasteiger partial charge on any atom is 0.315 e. The van der Waals surface area contributed by atoms with Gasteiger partial charge in [-0.05, 0) is 60.6 Å². The molecule has 0 fully saturated rings. The highest BCUT2D eigenvalue weighted by molar-refractivity contribution is 7.17. The van der Waals surface area contributed by atoms with E-state index in [0.717, 1.165) is 12.0 Å². The number of benzene rings is 2. The molecule has 3 aromatic rings. The number of carbonyl (C=O) groups excluding carboxylic acids is 1. The van der Waals surface area contributed by atoms with Crippen molar-refractivity contribution < 1.29 is 9.90 Å². The zero-order chi connectivity index (χ0) is 19.2. The number of amides is 2. The van der Waals surface area contributed by atoms with Crippen LogP contribution in [0.2, 0.25) is 0 Å². The Kier molecular flexibility index (Phi) is 6.32. The van der Waals surface area contributed by atoms with Gasteiger partial charge in [0.2, 0.25) is 0 Å². The lowest BCUT2D eigenvalue weighted by Crippen LogP contribution is -2.44. The first-order valence-electron chi connectivity index (χ1n) is 8.94. The van der Waals surface area contributed by atoms with Crippen LogP contribution in [0.15, 0.2) is 53.9 Å². The highest BCUT2D eigenvalue weighted by atomic mass is 32.1. The standard InChI is InChI=1S/C21H25N3O2S/c1-24(2)17(11-16-14-27-20-6-4-3-5-19(16)20)13-23-21(26)22-12-15-7-9-18(25)10-8-15/h3-10,14,17,25H,11-13H2,1-2H3,(H2,22,23,26)/t17-/m0/s1. The Labute approximate surface area is 163 Å². The lowest BCUT2D eigenvalue weighted by Gasteiger charge is -2.24. The minimum atomic E-state index is -0.190. The van der Waals surface area contributed by atoms with Crippen LogP contribution in [0.1, 0.15) is 11.1 Å². The molecule has 0 unspecified atom stereocenters. The van der Waals surface area contributed by atoms with Gasteiger partial charge in [-0.25, -0.2) is 4.79 Å². The van der Waals surface area contributed by atoms with E-state index >= 15 is 0 Å². The summed E-state index contributed by atoms with van der Waals surface area (Å²) in [7, 11) is 4.07. The highest BCUT2D eigenvalue weighted by Gasteiger charge is 2.16. The molecule has 1 atom stereocenters. The predicted molar refractivity (Wildman–Crippen MR) is 111 cm³/mol. The minimum Gasteiger partial charge on any atom is -0.508 e. The molecule has 27 heavy (non-hydrogen) atoms. The predicted octanol–water partition coefficient (Wildman–Crippen LogP) is 3.58. The number of phenols is 1. The fraction of sp³-hybridized carbons (Fsp3) is 0.286. The number of hydrogen-bond donors (Lipinski definition) is 3. The van der Waals surface area contributed by atoms with E-state index in [1.54, 1.807) is 35.6 Å². The van der Waals surface area contributed by atoms with Crippen molar-refractivity contribution >= 4 is 27.5 Å². The Hall–Kier alpha value is -2.57. The highest BCUT2D eigenvalue weighted by Crippen LogP contribution is 2.27. The quantitative estimate of drug-likeness (QED) is 0.584. The Morgan fingerprint density at radius 2 is 1.85 bits per heavy atom. The second kappa shape index (κ2) is 8.88. The Morgan fingerprint density at radius 1 is 1.11 bits per heavy atom. The molecule has 5 nitrogen and oxygen atoms in total. The van der Waals surface area contributed by atoms with Gasteiger partial charge in [-0.1, -0.05) is 30.3 Å². The number of rotatable bonds is 7. The zero-order valence-electron chi connectivity index (χ0n) is 15.6. The van der Waals surface area contributed by atoms with E-state index in [1.165, 1.54) is 15.6 Å². The van der Waals surface area contributed by atoms with Gasteiger partial charge in [-0.15, -0.1) is 11.3 Å². The van der Waals surface area contributed by atoms with Gasteiger partial charge < -0.3 is 20.6 Å². The zero-order valence-corrected chi connectivity index (χ0v) is 16.4. The number of thiophene rings is 1. The van der Waals surface area contributed by atoms with Crippen LogP contribution in [-0.2, 0) is 13.0 Å². The Bertz CT molecular complexity index is 890. The summed E-state index contributed by atoms with van der Waals surface area (Å²) in [5.74, 6) is 0.220. The number of nitrogens with zero attached hydrogens (tertiary/aromatic N) is 1. The van der Waals surface area contributed by atoms with Gasteiger partial charge in [0.15, 0.2) is 0 Å². The van der Waals surface area contributed by atoms with Crippen LogP contribution in [0, 0.1) is 0 Å². The number of carbonyl (C=O) groups is 1. The summed E-state index contributed by atoms with van der Waals surface area (Å²) in [5, 5.41) is 18.6. The van der Waals surface area contributed by atoms with Gasteiger partial charge in [0, 0.05) is 23.8 Å². The minimum absolute atomic E-state index is 0.190. The van der Waals surface area contributed by atoms with Crippen LogP contribution in [-0.4, -0.2) is 42.7 Å². The second-order valence-corrected chi connectivity index (χ2v) is 7.72. The molecule has 3 N–H and O–H groups in total. The summed E-state index contributed by atoms with van der Waals surface area (Å²) < 4.78 is 1.30. The van der Waals surface area contributed by atoms with Gasteiger partial charge in [0.05, 0.1) is 0 Å². The molecule has 0 radical (unpaired) electrons. The molecular weight excluding hydrogens is 358 g/mol. The number of fused-ring (bicyclic) bond motifs is 1. The molecule has 142 valence electrons. The fourth-order valence-corrected chi connectivity index (χ4v) is 3.93. The number of hydrogen-bond acceptors (Lipinski definition) is 4. The maximum absolute atomic E-state index is 12.1. The van der Waals surface area contributed by atoms with Crippen molar-refractivity contribution in [1.29, 1.82) is 0 Å². The SMILES string of the molecule is CN(C)[C@H](CNC(=O)NCc1ccc(O)cc1)Cc1csc2ccccc12. The van der Waals surface area contributed by atoms with Gasteiger partial charge >= 0.3 is 6.03 Å². The first kappa shape index (κ1) is 19.2. The molecule has 0 spiro atoms. The summed E-state index contributed by atoms with van der Waals surface area (Å²) >= 11 is 1.76. The molecule has 0 saturated heterocycles. The lowest BCUT2D eigenvalue weighted by molar-refractivity contribution is 0.231. The van der Waals surface area contributed by atoms with Gasteiger partial charge in [-0.3, -0.25) is 0 Å². The topological polar surface area (TPSA) is 64.6 Å². The molecule has 3 rings (SSSR count). The van der Waals surface area contributed by atoms with E-state index in [4.69, 9.17) is 0 Å². The summed E-state index contributed by atoms with van der Waals surface area (Å²) in [6.07, 6.45) is 0.884. The Balaban J connectivity index is 1.53. The monoisotopic (exact) mass is 383 g/mol. The summed E-state index contributed by atoms with van der Waals surface area (Å²) in [6, 6.07) is 15.3. The number of phenolic OH excluding ortho intramolecular Hbond substituents is 1. The van der Waals surface area contributed by atoms with Crippen molar-refractivity contribution in [1.82, 2.24) is 15.5 Å². The largest absolute Gasteiger partial charge is 0.508 e. The molecular formula is C21H25N3O2S. The van der Waals surface area contributed by atoms with Crippen molar-refractivity contribution in [3.05, 3.63) is 65.0 Å². The summed E-state index contributed by atoms with van der Waals surface area (Å²) in [4.78, 5) is 14.3. The molecule has 0 aliphatic rings. The van der Waals surface area contributed by atoms with Crippen molar-refractivity contribution in [2.24, 2.45) is 0 Å². The number of aromatic hydroxyl groups is 1. The van der Waals surface area contributed by atoms with Crippen LogP contribution < -0.4 is 10.6 Å². The molecule has 6 heteroatoms. The third-order valence-corrected chi connectivity index (χ3v) is 5.65. The average Bonchev–Trinajstić information content (AvgIpc) is 3.07. The van der Waals surface area contributed by atoms with Crippen LogP contribution in [0.5, 0.6) is 5.75 Å². The summed E-state index contributed by atoms with van der Waals surface area (Å²) in [5.41, 5.74) is 2.26. The maximum atomic E-state index is 12.1. The lowest BCUT2D eigenvalue weighted by atomic mass is 10.0. The first-order valence-corrected chi connectivity index (χ1v) is 9.82. The van der Waals surface area contributed by atoms with Crippen molar-refractivity contribution in [3.8, 4) is 5.75 Å².